The van der Waals surface area contributed by atoms with Crippen LogP contribution in [0.1, 0.15) is 27.0 Å². The van der Waals surface area contributed by atoms with E-state index in [2.05, 4.69) is 11.4 Å². The Labute approximate surface area is 118 Å². The van der Waals surface area contributed by atoms with Gasteiger partial charge in [-0.3, -0.25) is 4.79 Å². The number of rotatable bonds is 3. The molecule has 1 aliphatic heterocycles. The molecule has 0 bridgehead atoms. The molecule has 3 rings (SSSR count). The first-order valence-electron chi connectivity index (χ1n) is 6.80. The molecule has 0 fully saturated rings. The maximum atomic E-state index is 12.6. The molecule has 3 nitrogen and oxygen atoms in total. The van der Waals surface area contributed by atoms with Gasteiger partial charge in [0.05, 0.1) is 12.7 Å². The maximum Gasteiger partial charge on any atom is 0.196 e. The van der Waals surface area contributed by atoms with Gasteiger partial charge in [-0.1, -0.05) is 24.3 Å². The molecule has 102 valence electrons. The first-order valence-corrected chi connectivity index (χ1v) is 6.80. The molecule has 1 N–H and O–H groups in total. The second-order valence-corrected chi connectivity index (χ2v) is 4.94. The van der Waals surface area contributed by atoms with Gasteiger partial charge in [-0.15, -0.1) is 0 Å². The molecule has 0 unspecified atom stereocenters. The minimum Gasteiger partial charge on any atom is -0.496 e. The Bertz CT molecular complexity index is 649. The molecule has 20 heavy (non-hydrogen) atoms. The van der Waals surface area contributed by atoms with E-state index < -0.39 is 0 Å². The molecule has 0 amide bonds. The van der Waals surface area contributed by atoms with Gasteiger partial charge >= 0.3 is 0 Å². The number of hydrogen-bond acceptors (Lipinski definition) is 3. The van der Waals surface area contributed by atoms with Gasteiger partial charge in [0.2, 0.25) is 0 Å². The van der Waals surface area contributed by atoms with Crippen LogP contribution < -0.4 is 10.1 Å². The Hall–Kier alpha value is -2.13. The Morgan fingerprint density at radius 3 is 2.85 bits per heavy atom. The van der Waals surface area contributed by atoms with Crippen LogP contribution in [0, 0.1) is 0 Å². The number of fused-ring (bicyclic) bond motifs is 1. The normalized spacial score (nSPS) is 13.7. The van der Waals surface area contributed by atoms with E-state index >= 15 is 0 Å². The number of carbonyl (C=O) groups excluding carboxylic acids is 1. The quantitative estimate of drug-likeness (QED) is 0.869. The lowest BCUT2D eigenvalue weighted by Crippen LogP contribution is -2.23. The topological polar surface area (TPSA) is 38.3 Å². The van der Waals surface area contributed by atoms with Gasteiger partial charge in [-0.2, -0.15) is 0 Å². The fourth-order valence-electron chi connectivity index (χ4n) is 2.61. The third-order valence-corrected chi connectivity index (χ3v) is 3.71. The van der Waals surface area contributed by atoms with Crippen molar-refractivity contribution >= 4 is 5.78 Å². The summed E-state index contributed by atoms with van der Waals surface area (Å²) in [4.78, 5) is 12.6. The Balaban J connectivity index is 1.98. The molecule has 0 saturated carbocycles. The van der Waals surface area contributed by atoms with E-state index in [1.54, 1.807) is 13.2 Å². The van der Waals surface area contributed by atoms with E-state index in [1.807, 2.05) is 30.3 Å². The highest BCUT2D eigenvalue weighted by Crippen LogP contribution is 2.23. The molecule has 0 aromatic heterocycles. The lowest BCUT2D eigenvalue weighted by Gasteiger charge is -2.17. The molecule has 0 spiro atoms. The second kappa shape index (κ2) is 5.47. The molecule has 3 heteroatoms. The third-order valence-electron chi connectivity index (χ3n) is 3.71. The molecule has 1 aliphatic rings. The Morgan fingerprint density at radius 2 is 2.00 bits per heavy atom. The van der Waals surface area contributed by atoms with E-state index in [0.29, 0.717) is 11.3 Å². The van der Waals surface area contributed by atoms with Crippen LogP contribution in [-0.4, -0.2) is 19.4 Å². The fraction of sp³-hybridized carbons (Fsp3) is 0.235. The smallest absolute Gasteiger partial charge is 0.196 e. The van der Waals surface area contributed by atoms with E-state index in [1.165, 1.54) is 11.1 Å². The molecule has 0 atom stereocenters. The number of para-hydroxylation sites is 1. The highest BCUT2D eigenvalue weighted by molar-refractivity contribution is 6.10. The van der Waals surface area contributed by atoms with Crippen molar-refractivity contribution in [1.82, 2.24) is 5.32 Å². The lowest BCUT2D eigenvalue weighted by molar-refractivity contribution is 0.103. The number of nitrogens with one attached hydrogen (secondary N) is 1. The largest absolute Gasteiger partial charge is 0.496 e. The van der Waals surface area contributed by atoms with Crippen molar-refractivity contribution in [3.8, 4) is 5.75 Å². The highest BCUT2D eigenvalue weighted by atomic mass is 16.5. The predicted octanol–water partition coefficient (Wildman–Crippen LogP) is 2.57. The van der Waals surface area contributed by atoms with Crippen molar-refractivity contribution in [2.75, 3.05) is 13.7 Å². The first-order chi connectivity index (χ1) is 9.79. The molecule has 0 saturated heterocycles. The first kappa shape index (κ1) is 12.9. The second-order valence-electron chi connectivity index (χ2n) is 4.94. The van der Waals surface area contributed by atoms with Gasteiger partial charge < -0.3 is 10.1 Å². The summed E-state index contributed by atoms with van der Waals surface area (Å²) in [5.41, 5.74) is 3.88. The zero-order chi connectivity index (χ0) is 13.9. The van der Waals surface area contributed by atoms with Crippen LogP contribution in [0.25, 0.3) is 0 Å². The van der Waals surface area contributed by atoms with Crippen LogP contribution in [0.3, 0.4) is 0 Å². The van der Waals surface area contributed by atoms with Gasteiger partial charge in [-0.05, 0) is 42.3 Å². The average Bonchev–Trinajstić information content (AvgIpc) is 2.53. The van der Waals surface area contributed by atoms with Crippen LogP contribution in [0.5, 0.6) is 5.75 Å². The molecule has 2 aromatic rings. The highest BCUT2D eigenvalue weighted by Gasteiger charge is 2.16. The number of ether oxygens (including phenoxy) is 1. The fourth-order valence-corrected chi connectivity index (χ4v) is 2.61. The van der Waals surface area contributed by atoms with Gasteiger partial charge in [0.25, 0.3) is 0 Å². The van der Waals surface area contributed by atoms with Crippen molar-refractivity contribution in [3.63, 3.8) is 0 Å². The summed E-state index contributed by atoms with van der Waals surface area (Å²) in [7, 11) is 1.59. The number of carbonyl (C=O) groups is 1. The lowest BCUT2D eigenvalue weighted by atomic mass is 9.95. The van der Waals surface area contributed by atoms with E-state index in [4.69, 9.17) is 4.74 Å². The van der Waals surface area contributed by atoms with E-state index in [-0.39, 0.29) is 5.78 Å². The van der Waals surface area contributed by atoms with Crippen LogP contribution in [-0.2, 0) is 13.0 Å². The molecule has 1 heterocycles. The van der Waals surface area contributed by atoms with Gasteiger partial charge in [0.15, 0.2) is 5.78 Å². The van der Waals surface area contributed by atoms with Crippen molar-refractivity contribution in [3.05, 3.63) is 64.7 Å². The maximum absolute atomic E-state index is 12.6. The summed E-state index contributed by atoms with van der Waals surface area (Å²) in [5.74, 6) is 0.629. The van der Waals surface area contributed by atoms with Crippen LogP contribution in [0.4, 0.5) is 0 Å². The van der Waals surface area contributed by atoms with E-state index in [9.17, 15) is 4.79 Å². The van der Waals surface area contributed by atoms with Crippen LogP contribution in [0.15, 0.2) is 42.5 Å². The zero-order valence-electron chi connectivity index (χ0n) is 11.5. The molecule has 0 radical (unpaired) electrons. The monoisotopic (exact) mass is 267 g/mol. The average molecular weight is 267 g/mol. The number of benzene rings is 2. The zero-order valence-corrected chi connectivity index (χ0v) is 11.5. The van der Waals surface area contributed by atoms with Gasteiger partial charge in [0.1, 0.15) is 5.75 Å². The number of ketones is 1. The Morgan fingerprint density at radius 1 is 1.15 bits per heavy atom. The molecular formula is C17H17NO2. The van der Waals surface area contributed by atoms with Crippen molar-refractivity contribution in [2.45, 2.75) is 13.0 Å². The summed E-state index contributed by atoms with van der Waals surface area (Å²) < 4.78 is 5.27. The van der Waals surface area contributed by atoms with Crippen LogP contribution in [0.2, 0.25) is 0 Å². The predicted molar refractivity (Wildman–Crippen MR) is 78.3 cm³/mol. The van der Waals surface area contributed by atoms with Gasteiger partial charge in [0, 0.05) is 12.1 Å². The number of hydrogen-bond donors (Lipinski definition) is 1. The molecular weight excluding hydrogens is 250 g/mol. The number of methoxy groups -OCH3 is 1. The summed E-state index contributed by atoms with van der Waals surface area (Å²) in [6.45, 7) is 1.84. The van der Waals surface area contributed by atoms with Crippen molar-refractivity contribution in [2.24, 2.45) is 0 Å². The minimum absolute atomic E-state index is 0.0100. The summed E-state index contributed by atoms with van der Waals surface area (Å²) in [6.07, 6.45) is 1.03. The standard InChI is InChI=1S/C17H17NO2/c1-20-16-5-3-2-4-15(16)17(19)13-7-6-12-8-9-18-11-14(12)10-13/h2-7,10,18H,8-9,11H2,1H3. The Kier molecular flexibility index (Phi) is 3.52. The third kappa shape index (κ3) is 2.32. The SMILES string of the molecule is COc1ccccc1C(=O)c1ccc2c(c1)CNCC2. The summed E-state index contributed by atoms with van der Waals surface area (Å²) in [5, 5.41) is 3.33. The van der Waals surface area contributed by atoms with Gasteiger partial charge in [-0.25, -0.2) is 0 Å². The molecule has 0 aliphatic carbocycles. The summed E-state index contributed by atoms with van der Waals surface area (Å²) >= 11 is 0. The molecule has 2 aromatic carbocycles. The van der Waals surface area contributed by atoms with Crippen molar-refractivity contribution < 1.29 is 9.53 Å². The van der Waals surface area contributed by atoms with Crippen LogP contribution >= 0.6 is 0 Å². The summed E-state index contributed by atoms with van der Waals surface area (Å²) in [6, 6.07) is 13.3. The van der Waals surface area contributed by atoms with Crippen molar-refractivity contribution in [1.29, 1.82) is 0 Å². The minimum atomic E-state index is 0.0100. The van der Waals surface area contributed by atoms with E-state index in [0.717, 1.165) is 25.1 Å².